The molecule has 1 aliphatic rings. The van der Waals surface area contributed by atoms with Crippen LogP contribution in [0.3, 0.4) is 0 Å². The van der Waals surface area contributed by atoms with Gasteiger partial charge in [0.05, 0.1) is 5.69 Å². The van der Waals surface area contributed by atoms with E-state index in [9.17, 15) is 4.79 Å². The molecule has 1 aliphatic heterocycles. The lowest BCUT2D eigenvalue weighted by Gasteiger charge is -2.32. The molecule has 1 N–H and O–H groups in total. The van der Waals surface area contributed by atoms with E-state index in [-0.39, 0.29) is 5.91 Å². The predicted molar refractivity (Wildman–Crippen MR) is 129 cm³/mol. The molecule has 5 heteroatoms. The van der Waals surface area contributed by atoms with Crippen LogP contribution in [-0.4, -0.2) is 40.4 Å². The molecule has 32 heavy (non-hydrogen) atoms. The number of carbonyl (C=O) groups is 1. The number of hydrogen-bond donors (Lipinski definition) is 1. The summed E-state index contributed by atoms with van der Waals surface area (Å²) in [5.41, 5.74) is 2.77. The number of hydrogen-bond acceptors (Lipinski definition) is 4. The zero-order valence-corrected chi connectivity index (χ0v) is 17.9. The van der Waals surface area contributed by atoms with Crippen LogP contribution in [0.4, 0.5) is 5.95 Å². The number of carbonyl (C=O) groups excluding carboxylic acids is 1. The number of likely N-dealkylation sites (tertiary alicyclic amines) is 1. The molecule has 5 nitrogen and oxygen atoms in total. The molecule has 2 heterocycles. The van der Waals surface area contributed by atoms with Gasteiger partial charge in [0.25, 0.3) is 5.91 Å². The minimum atomic E-state index is 0.128. The van der Waals surface area contributed by atoms with Crippen LogP contribution in [0.25, 0.3) is 22.0 Å². The van der Waals surface area contributed by atoms with Gasteiger partial charge in [0.1, 0.15) is 0 Å². The number of nitrogens with one attached hydrogen (secondary N) is 1. The Balaban J connectivity index is 1.18. The smallest absolute Gasteiger partial charge is 0.253 e. The lowest BCUT2D eigenvalue weighted by molar-refractivity contribution is 0.0695. The van der Waals surface area contributed by atoms with Gasteiger partial charge in [-0.1, -0.05) is 54.6 Å². The van der Waals surface area contributed by atoms with Gasteiger partial charge in [-0.05, 0) is 53.8 Å². The summed E-state index contributed by atoms with van der Waals surface area (Å²) in [6, 6.07) is 26.2. The molecule has 0 aliphatic carbocycles. The van der Waals surface area contributed by atoms with E-state index in [0.717, 1.165) is 49.3 Å². The van der Waals surface area contributed by atoms with Crippen molar-refractivity contribution in [3.8, 4) is 11.3 Å². The standard InChI is InChI=1S/C27H26N4O/c32-26(22-7-2-1-3-8-22)31-16-13-20(14-17-31)19-29-27-28-15-12-25(30-27)24-11-10-21-6-4-5-9-23(21)18-24/h1-12,15,18,20H,13-14,16-17,19H2,(H,28,29,30). The first-order chi connectivity index (χ1) is 15.8. The third-order valence-corrected chi connectivity index (χ3v) is 6.17. The number of amides is 1. The Morgan fingerprint density at radius 1 is 0.906 bits per heavy atom. The van der Waals surface area contributed by atoms with Crippen molar-refractivity contribution in [1.29, 1.82) is 0 Å². The van der Waals surface area contributed by atoms with Crippen molar-refractivity contribution in [3.05, 3.63) is 90.6 Å². The molecule has 4 aromatic rings. The zero-order chi connectivity index (χ0) is 21.8. The SMILES string of the molecule is O=C(c1ccccc1)N1CCC(CNc2nccc(-c3ccc4ccccc4c3)n2)CC1. The van der Waals surface area contributed by atoms with Crippen molar-refractivity contribution in [3.63, 3.8) is 0 Å². The van der Waals surface area contributed by atoms with Crippen molar-refractivity contribution in [1.82, 2.24) is 14.9 Å². The summed E-state index contributed by atoms with van der Waals surface area (Å²) in [6.07, 6.45) is 3.77. The Kier molecular flexibility index (Phi) is 5.79. The molecule has 0 bridgehead atoms. The number of piperidine rings is 1. The van der Waals surface area contributed by atoms with Gasteiger partial charge in [0.15, 0.2) is 0 Å². The minimum Gasteiger partial charge on any atom is -0.354 e. The molecule has 1 aromatic heterocycles. The average molecular weight is 423 g/mol. The highest BCUT2D eigenvalue weighted by Gasteiger charge is 2.23. The summed E-state index contributed by atoms with van der Waals surface area (Å²) in [4.78, 5) is 23.7. The van der Waals surface area contributed by atoms with E-state index < -0.39 is 0 Å². The Labute approximate surface area is 188 Å². The van der Waals surface area contributed by atoms with Gasteiger partial charge in [0.2, 0.25) is 5.95 Å². The lowest BCUT2D eigenvalue weighted by Crippen LogP contribution is -2.39. The molecule has 0 atom stereocenters. The topological polar surface area (TPSA) is 58.1 Å². The number of fused-ring (bicyclic) bond motifs is 1. The summed E-state index contributed by atoms with van der Waals surface area (Å²) in [6.45, 7) is 2.39. The monoisotopic (exact) mass is 422 g/mol. The average Bonchev–Trinajstić information content (AvgIpc) is 2.88. The van der Waals surface area contributed by atoms with Crippen LogP contribution in [0.2, 0.25) is 0 Å². The summed E-state index contributed by atoms with van der Waals surface area (Å²) < 4.78 is 0. The molecule has 0 radical (unpaired) electrons. The van der Waals surface area contributed by atoms with Gasteiger partial charge in [-0.3, -0.25) is 4.79 Å². The summed E-state index contributed by atoms with van der Waals surface area (Å²) in [5.74, 6) is 1.28. The zero-order valence-electron chi connectivity index (χ0n) is 17.9. The first-order valence-corrected chi connectivity index (χ1v) is 11.2. The molecule has 1 saturated heterocycles. The van der Waals surface area contributed by atoms with E-state index in [4.69, 9.17) is 4.98 Å². The van der Waals surface area contributed by atoms with Crippen LogP contribution in [-0.2, 0) is 0 Å². The molecular formula is C27H26N4O. The van der Waals surface area contributed by atoms with Gasteiger partial charge in [-0.15, -0.1) is 0 Å². The highest BCUT2D eigenvalue weighted by Crippen LogP contribution is 2.24. The van der Waals surface area contributed by atoms with Crippen molar-refractivity contribution in [2.24, 2.45) is 5.92 Å². The molecular weight excluding hydrogens is 396 g/mol. The van der Waals surface area contributed by atoms with Crippen LogP contribution in [0.1, 0.15) is 23.2 Å². The fourth-order valence-corrected chi connectivity index (χ4v) is 4.29. The van der Waals surface area contributed by atoms with E-state index in [0.29, 0.717) is 11.9 Å². The van der Waals surface area contributed by atoms with Crippen molar-refractivity contribution in [2.45, 2.75) is 12.8 Å². The third kappa shape index (κ3) is 4.47. The van der Waals surface area contributed by atoms with Crippen LogP contribution < -0.4 is 5.32 Å². The summed E-state index contributed by atoms with van der Waals surface area (Å²) >= 11 is 0. The molecule has 0 unspecified atom stereocenters. The maximum Gasteiger partial charge on any atom is 0.253 e. The second kappa shape index (κ2) is 9.18. The van der Waals surface area contributed by atoms with E-state index in [1.54, 1.807) is 6.20 Å². The van der Waals surface area contributed by atoms with Crippen LogP contribution >= 0.6 is 0 Å². The van der Waals surface area contributed by atoms with Crippen molar-refractivity contribution in [2.75, 3.05) is 25.0 Å². The van der Waals surface area contributed by atoms with E-state index >= 15 is 0 Å². The first kappa shape index (κ1) is 20.2. The highest BCUT2D eigenvalue weighted by molar-refractivity contribution is 5.94. The highest BCUT2D eigenvalue weighted by atomic mass is 16.2. The maximum absolute atomic E-state index is 12.6. The van der Waals surface area contributed by atoms with E-state index in [2.05, 4.69) is 52.8 Å². The van der Waals surface area contributed by atoms with Crippen molar-refractivity contribution >= 4 is 22.6 Å². The number of nitrogens with zero attached hydrogens (tertiary/aromatic N) is 3. The molecule has 1 fully saturated rings. The van der Waals surface area contributed by atoms with Crippen LogP contribution in [0.5, 0.6) is 0 Å². The Hall–Kier alpha value is -3.73. The van der Waals surface area contributed by atoms with Crippen molar-refractivity contribution < 1.29 is 4.79 Å². The molecule has 0 saturated carbocycles. The number of benzene rings is 3. The number of rotatable bonds is 5. The number of aromatic nitrogens is 2. The Bertz CT molecular complexity index is 1220. The quantitative estimate of drug-likeness (QED) is 0.477. The van der Waals surface area contributed by atoms with E-state index in [1.807, 2.05) is 41.3 Å². The third-order valence-electron chi connectivity index (χ3n) is 6.17. The normalized spacial score (nSPS) is 14.4. The lowest BCUT2D eigenvalue weighted by atomic mass is 9.96. The second-order valence-corrected chi connectivity index (χ2v) is 8.31. The minimum absolute atomic E-state index is 0.128. The Morgan fingerprint density at radius 3 is 2.47 bits per heavy atom. The Morgan fingerprint density at radius 2 is 1.66 bits per heavy atom. The summed E-state index contributed by atoms with van der Waals surface area (Å²) in [7, 11) is 0. The van der Waals surface area contributed by atoms with Gasteiger partial charge < -0.3 is 10.2 Å². The maximum atomic E-state index is 12.6. The van der Waals surface area contributed by atoms with Crippen LogP contribution in [0, 0.1) is 5.92 Å². The number of anilines is 1. The second-order valence-electron chi connectivity index (χ2n) is 8.31. The summed E-state index contributed by atoms with van der Waals surface area (Å²) in [5, 5.41) is 5.84. The fourth-order valence-electron chi connectivity index (χ4n) is 4.29. The van der Waals surface area contributed by atoms with Gasteiger partial charge in [0, 0.05) is 37.0 Å². The van der Waals surface area contributed by atoms with E-state index in [1.165, 1.54) is 10.8 Å². The molecule has 0 spiro atoms. The fraction of sp³-hybridized carbons (Fsp3) is 0.222. The first-order valence-electron chi connectivity index (χ1n) is 11.2. The molecule has 160 valence electrons. The molecule has 1 amide bonds. The molecule has 3 aromatic carbocycles. The molecule has 5 rings (SSSR count). The van der Waals surface area contributed by atoms with Gasteiger partial charge in [-0.2, -0.15) is 0 Å². The van der Waals surface area contributed by atoms with Crippen LogP contribution in [0.15, 0.2) is 85.1 Å². The van der Waals surface area contributed by atoms with Gasteiger partial charge in [-0.25, -0.2) is 9.97 Å². The predicted octanol–water partition coefficient (Wildman–Crippen LogP) is 5.26. The van der Waals surface area contributed by atoms with Gasteiger partial charge >= 0.3 is 0 Å². The largest absolute Gasteiger partial charge is 0.354 e.